The molecule has 4 heteroatoms. The molecular weight excluding hydrogens is 192 g/mol. The second-order valence-corrected chi connectivity index (χ2v) is 3.64. The van der Waals surface area contributed by atoms with E-state index in [2.05, 4.69) is 4.98 Å². The van der Waals surface area contributed by atoms with Crippen molar-refractivity contribution >= 4 is 5.97 Å². The standard InChI is InChI=1S/C11H16N2O2/c1-7-8(2)13-4-3-10(7)9(6-12)5-11(14)15/h3-4,9H,5-6,12H2,1-2H3,(H,14,15). The van der Waals surface area contributed by atoms with Crippen LogP contribution in [0, 0.1) is 13.8 Å². The molecule has 1 atom stereocenters. The molecule has 1 heterocycles. The second-order valence-electron chi connectivity index (χ2n) is 3.64. The number of rotatable bonds is 4. The molecule has 1 aromatic rings. The molecule has 4 nitrogen and oxygen atoms in total. The van der Waals surface area contributed by atoms with Crippen LogP contribution >= 0.6 is 0 Å². The Balaban J connectivity index is 3.01. The quantitative estimate of drug-likeness (QED) is 0.779. The lowest BCUT2D eigenvalue weighted by Gasteiger charge is -2.16. The number of carboxylic acids is 1. The minimum Gasteiger partial charge on any atom is -0.481 e. The fourth-order valence-corrected chi connectivity index (χ4v) is 1.63. The van der Waals surface area contributed by atoms with Gasteiger partial charge in [-0.1, -0.05) is 0 Å². The van der Waals surface area contributed by atoms with Crippen LogP contribution < -0.4 is 5.73 Å². The Bertz CT molecular complexity index is 364. The Kier molecular flexibility index (Phi) is 3.80. The number of carbonyl (C=O) groups is 1. The van der Waals surface area contributed by atoms with Gasteiger partial charge in [0, 0.05) is 17.8 Å². The lowest BCUT2D eigenvalue weighted by Crippen LogP contribution is -2.17. The highest BCUT2D eigenvalue weighted by molar-refractivity contribution is 5.68. The van der Waals surface area contributed by atoms with Gasteiger partial charge in [-0.15, -0.1) is 0 Å². The molecule has 15 heavy (non-hydrogen) atoms. The van der Waals surface area contributed by atoms with Gasteiger partial charge in [0.15, 0.2) is 0 Å². The van der Waals surface area contributed by atoms with Gasteiger partial charge in [-0.2, -0.15) is 0 Å². The topological polar surface area (TPSA) is 76.2 Å². The number of pyridine rings is 1. The molecule has 0 aliphatic heterocycles. The maximum atomic E-state index is 10.7. The zero-order chi connectivity index (χ0) is 11.4. The number of nitrogens with zero attached hydrogens (tertiary/aromatic N) is 1. The van der Waals surface area contributed by atoms with Crippen LogP contribution in [0.2, 0.25) is 0 Å². The SMILES string of the molecule is Cc1nccc(C(CN)CC(=O)O)c1C. The van der Waals surface area contributed by atoms with Gasteiger partial charge >= 0.3 is 5.97 Å². The van der Waals surface area contributed by atoms with Gasteiger partial charge in [0.25, 0.3) is 0 Å². The predicted octanol–water partition coefficient (Wildman–Crippen LogP) is 1.22. The molecule has 1 unspecified atom stereocenters. The van der Waals surface area contributed by atoms with E-state index in [1.807, 2.05) is 19.9 Å². The minimum atomic E-state index is -0.820. The summed E-state index contributed by atoms with van der Waals surface area (Å²) >= 11 is 0. The molecular formula is C11H16N2O2. The van der Waals surface area contributed by atoms with Gasteiger partial charge in [0.1, 0.15) is 0 Å². The van der Waals surface area contributed by atoms with Crippen molar-refractivity contribution in [1.82, 2.24) is 4.98 Å². The highest BCUT2D eigenvalue weighted by Crippen LogP contribution is 2.23. The van der Waals surface area contributed by atoms with Gasteiger partial charge in [0.2, 0.25) is 0 Å². The Morgan fingerprint density at radius 1 is 1.60 bits per heavy atom. The molecule has 82 valence electrons. The maximum absolute atomic E-state index is 10.7. The number of carboxylic acid groups (broad SMARTS) is 1. The third-order valence-corrected chi connectivity index (χ3v) is 2.64. The molecule has 0 spiro atoms. The number of hydrogen-bond acceptors (Lipinski definition) is 3. The van der Waals surface area contributed by atoms with Crippen LogP contribution in [0.15, 0.2) is 12.3 Å². The summed E-state index contributed by atoms with van der Waals surface area (Å²) < 4.78 is 0. The summed E-state index contributed by atoms with van der Waals surface area (Å²) in [5.41, 5.74) is 8.54. The van der Waals surface area contributed by atoms with Crippen molar-refractivity contribution in [3.63, 3.8) is 0 Å². The molecule has 1 rings (SSSR count). The molecule has 0 bridgehead atoms. The lowest BCUT2D eigenvalue weighted by atomic mass is 9.92. The lowest BCUT2D eigenvalue weighted by molar-refractivity contribution is -0.137. The van der Waals surface area contributed by atoms with Gasteiger partial charge < -0.3 is 10.8 Å². The van der Waals surface area contributed by atoms with Crippen LogP contribution in [-0.2, 0) is 4.79 Å². The third kappa shape index (κ3) is 2.76. The molecule has 1 aromatic heterocycles. The number of aliphatic carboxylic acids is 1. The molecule has 0 amide bonds. The summed E-state index contributed by atoms with van der Waals surface area (Å²) in [6.07, 6.45) is 1.77. The number of aromatic nitrogens is 1. The predicted molar refractivity (Wildman–Crippen MR) is 57.8 cm³/mol. The highest BCUT2D eigenvalue weighted by Gasteiger charge is 2.16. The summed E-state index contributed by atoms with van der Waals surface area (Å²) in [4.78, 5) is 14.8. The van der Waals surface area contributed by atoms with E-state index >= 15 is 0 Å². The van der Waals surface area contributed by atoms with Crippen molar-refractivity contribution < 1.29 is 9.90 Å². The fourth-order valence-electron chi connectivity index (χ4n) is 1.63. The van der Waals surface area contributed by atoms with E-state index in [1.54, 1.807) is 6.20 Å². The maximum Gasteiger partial charge on any atom is 0.304 e. The summed E-state index contributed by atoms with van der Waals surface area (Å²) in [6.45, 7) is 4.20. The Morgan fingerprint density at radius 3 is 2.80 bits per heavy atom. The van der Waals surface area contributed by atoms with E-state index < -0.39 is 5.97 Å². The van der Waals surface area contributed by atoms with Crippen molar-refractivity contribution in [2.45, 2.75) is 26.2 Å². The average molecular weight is 208 g/mol. The van der Waals surface area contributed by atoms with E-state index in [9.17, 15) is 4.79 Å². The fraction of sp³-hybridized carbons (Fsp3) is 0.455. The number of hydrogen-bond donors (Lipinski definition) is 2. The molecule has 0 aliphatic carbocycles. The van der Waals surface area contributed by atoms with Crippen LogP contribution in [-0.4, -0.2) is 22.6 Å². The van der Waals surface area contributed by atoms with E-state index in [-0.39, 0.29) is 12.3 Å². The van der Waals surface area contributed by atoms with E-state index in [1.165, 1.54) is 0 Å². The summed E-state index contributed by atoms with van der Waals surface area (Å²) in [6, 6.07) is 1.85. The monoisotopic (exact) mass is 208 g/mol. The van der Waals surface area contributed by atoms with Gasteiger partial charge in [-0.3, -0.25) is 9.78 Å². The zero-order valence-corrected chi connectivity index (χ0v) is 9.03. The first-order valence-electron chi connectivity index (χ1n) is 4.90. The molecule has 0 aromatic carbocycles. The molecule has 0 aliphatic rings. The first kappa shape index (κ1) is 11.7. The van der Waals surface area contributed by atoms with Crippen LogP contribution in [0.3, 0.4) is 0 Å². The van der Waals surface area contributed by atoms with Gasteiger partial charge in [-0.25, -0.2) is 0 Å². The Hall–Kier alpha value is -1.42. The second kappa shape index (κ2) is 4.89. The van der Waals surface area contributed by atoms with Gasteiger partial charge in [0.05, 0.1) is 6.42 Å². The van der Waals surface area contributed by atoms with Crippen LogP contribution in [0.1, 0.15) is 29.2 Å². The number of nitrogens with two attached hydrogens (primary N) is 1. The molecule has 0 radical (unpaired) electrons. The molecule has 0 fully saturated rings. The normalized spacial score (nSPS) is 12.5. The molecule has 0 saturated carbocycles. The first-order valence-corrected chi connectivity index (χ1v) is 4.90. The smallest absolute Gasteiger partial charge is 0.304 e. The molecule has 0 saturated heterocycles. The number of aryl methyl sites for hydroxylation is 1. The van der Waals surface area contributed by atoms with Crippen molar-refractivity contribution in [2.24, 2.45) is 5.73 Å². The largest absolute Gasteiger partial charge is 0.481 e. The van der Waals surface area contributed by atoms with Crippen molar-refractivity contribution in [2.75, 3.05) is 6.54 Å². The third-order valence-electron chi connectivity index (χ3n) is 2.64. The Labute approximate surface area is 89.1 Å². The highest BCUT2D eigenvalue weighted by atomic mass is 16.4. The summed E-state index contributed by atoms with van der Waals surface area (Å²) in [5, 5.41) is 8.77. The van der Waals surface area contributed by atoms with Crippen LogP contribution in [0.25, 0.3) is 0 Å². The van der Waals surface area contributed by atoms with E-state index in [4.69, 9.17) is 10.8 Å². The van der Waals surface area contributed by atoms with Crippen LogP contribution in [0.4, 0.5) is 0 Å². The molecule has 3 N–H and O–H groups in total. The van der Waals surface area contributed by atoms with E-state index in [0.29, 0.717) is 6.54 Å². The van der Waals surface area contributed by atoms with Crippen LogP contribution in [0.5, 0.6) is 0 Å². The van der Waals surface area contributed by atoms with Crippen molar-refractivity contribution in [3.05, 3.63) is 29.1 Å². The average Bonchev–Trinajstić information content (AvgIpc) is 2.19. The summed E-state index contributed by atoms with van der Waals surface area (Å²) in [5.74, 6) is -0.941. The minimum absolute atomic E-state index is 0.0702. The summed E-state index contributed by atoms with van der Waals surface area (Å²) in [7, 11) is 0. The van der Waals surface area contributed by atoms with Crippen molar-refractivity contribution in [3.8, 4) is 0 Å². The Morgan fingerprint density at radius 2 is 2.27 bits per heavy atom. The first-order chi connectivity index (χ1) is 7.06. The van der Waals surface area contributed by atoms with E-state index in [0.717, 1.165) is 16.8 Å². The van der Waals surface area contributed by atoms with Crippen molar-refractivity contribution in [1.29, 1.82) is 0 Å². The zero-order valence-electron chi connectivity index (χ0n) is 9.03. The van der Waals surface area contributed by atoms with Gasteiger partial charge in [-0.05, 0) is 37.6 Å².